The summed E-state index contributed by atoms with van der Waals surface area (Å²) >= 11 is 0. The van der Waals surface area contributed by atoms with Crippen LogP contribution in [0.1, 0.15) is 79.5 Å². The van der Waals surface area contributed by atoms with Crippen molar-refractivity contribution >= 4 is 51.0 Å². The van der Waals surface area contributed by atoms with Gasteiger partial charge in [-0.25, -0.2) is 4.79 Å². The lowest BCUT2D eigenvalue weighted by Crippen LogP contribution is -2.45. The number of rotatable bonds is 9. The number of anilines is 2. The van der Waals surface area contributed by atoms with E-state index >= 15 is 0 Å². The van der Waals surface area contributed by atoms with Crippen LogP contribution in [0.2, 0.25) is 0 Å². The van der Waals surface area contributed by atoms with Gasteiger partial charge in [0.1, 0.15) is 11.8 Å². The maximum Gasteiger partial charge on any atom is 0.435 e. The van der Waals surface area contributed by atoms with Crippen LogP contribution >= 0.6 is 0 Å². The quantitative estimate of drug-likeness (QED) is 0.193. The lowest BCUT2D eigenvalue weighted by atomic mass is 9.85. The number of nitrogens with zero attached hydrogens (tertiary/aromatic N) is 8. The third kappa shape index (κ3) is 7.52. The minimum atomic E-state index is -4.73. The van der Waals surface area contributed by atoms with Crippen molar-refractivity contribution < 1.29 is 32.3 Å². The van der Waals surface area contributed by atoms with Crippen molar-refractivity contribution in [2.24, 2.45) is 13.0 Å². The first-order chi connectivity index (χ1) is 27.8. The Hall–Kier alpha value is -5.78. The summed E-state index contributed by atoms with van der Waals surface area (Å²) in [5.41, 5.74) is 1.63. The smallest absolute Gasteiger partial charge is 0.435 e. The number of alkyl halides is 3. The number of carbonyl (C=O) groups excluding carboxylic acids is 3. The number of fused-ring (bicyclic) bond motifs is 2. The number of nitrogens with one attached hydrogen (secondary N) is 2. The molecule has 1 aliphatic carbocycles. The van der Waals surface area contributed by atoms with Crippen molar-refractivity contribution in [2.75, 3.05) is 44.0 Å². The molecule has 5 heterocycles. The number of imide groups is 1. The molecule has 8 rings (SSSR count). The van der Waals surface area contributed by atoms with Crippen molar-refractivity contribution in [1.82, 2.24) is 39.3 Å². The number of para-hydroxylation sites is 1. The van der Waals surface area contributed by atoms with E-state index < -0.39 is 29.7 Å². The number of carbonyl (C=O) groups is 3. The molecular formula is C40H45F3N10O5. The minimum absolute atomic E-state index is 0.196. The molecule has 3 aromatic heterocycles. The number of amides is 3. The minimum Gasteiger partial charge on any atom is -0.494 e. The number of hydrogen-bond acceptors (Lipinski definition) is 10. The van der Waals surface area contributed by atoms with Gasteiger partial charge in [-0.3, -0.25) is 33.5 Å². The van der Waals surface area contributed by atoms with Crippen LogP contribution in [0.5, 0.6) is 5.75 Å². The van der Waals surface area contributed by atoms with E-state index in [-0.39, 0.29) is 29.6 Å². The van der Waals surface area contributed by atoms with Crippen molar-refractivity contribution in [3.63, 3.8) is 0 Å². The standard InChI is InChI=1S/C40H45F3N10O5/c1-49(26-13-15-51(16-14-26)30-5-4-6-31-36(30)50(2)39(57)53(31)32-11-12-35(54)46-38(32)56)21-23-7-9-27(10-8-23)52-22-25-17-29(33(58-3)19-28(25)48-52)45-37(55)24-18-34(40(41,42)43)47-44-20-24/h4-6,17-20,22-23,26-27,32H,7-16,21H2,1-3H3,(H,45,55)(H,46,54,56)/t23-,27-,32?. The molecule has 0 radical (unpaired) electrons. The highest BCUT2D eigenvalue weighted by Crippen LogP contribution is 2.37. The SMILES string of the molecule is COc1cc2nn([C@H]3CC[C@H](CN(C)C4CCN(c5cccc6c5n(C)c(=O)n6C5CCC(=O)NC5=O)CC4)CC3)cc2cc1NC(=O)c1cnnc(C(F)(F)F)c1. The fraction of sp³-hybridized carbons (Fsp3) is 0.475. The Labute approximate surface area is 331 Å². The molecule has 2 aliphatic heterocycles. The first-order valence-corrected chi connectivity index (χ1v) is 19.6. The average Bonchev–Trinajstić information content (AvgIpc) is 3.74. The van der Waals surface area contributed by atoms with E-state index in [1.165, 1.54) is 11.7 Å². The van der Waals surface area contributed by atoms with Crippen LogP contribution in [0, 0.1) is 5.92 Å². The van der Waals surface area contributed by atoms with Gasteiger partial charge in [0.25, 0.3) is 5.91 Å². The van der Waals surface area contributed by atoms with Crippen molar-refractivity contribution in [1.29, 1.82) is 0 Å². The normalized spacial score (nSPS) is 20.9. The van der Waals surface area contributed by atoms with Crippen LogP contribution in [-0.2, 0) is 22.8 Å². The summed E-state index contributed by atoms with van der Waals surface area (Å²) in [6.07, 6.45) is 4.65. The van der Waals surface area contributed by atoms with Gasteiger partial charge in [-0.1, -0.05) is 6.07 Å². The molecule has 3 aliphatic rings. The lowest BCUT2D eigenvalue weighted by molar-refractivity contribution is -0.142. The third-order valence-electron chi connectivity index (χ3n) is 12.1. The van der Waals surface area contributed by atoms with E-state index in [2.05, 4.69) is 37.7 Å². The summed E-state index contributed by atoms with van der Waals surface area (Å²) in [6, 6.07) is 9.81. The van der Waals surface area contributed by atoms with Crippen LogP contribution in [-0.4, -0.2) is 91.6 Å². The summed E-state index contributed by atoms with van der Waals surface area (Å²) < 4.78 is 50.1. The Bertz CT molecular complexity index is 2440. The van der Waals surface area contributed by atoms with E-state index in [0.717, 1.165) is 80.9 Å². The largest absolute Gasteiger partial charge is 0.494 e. The van der Waals surface area contributed by atoms with Gasteiger partial charge in [0, 0.05) is 56.8 Å². The summed E-state index contributed by atoms with van der Waals surface area (Å²) in [4.78, 5) is 55.7. The van der Waals surface area contributed by atoms with Crippen molar-refractivity contribution in [2.45, 2.75) is 75.7 Å². The van der Waals surface area contributed by atoms with Gasteiger partial charge >= 0.3 is 11.9 Å². The zero-order chi connectivity index (χ0) is 40.9. The van der Waals surface area contributed by atoms with Crippen molar-refractivity contribution in [3.05, 3.63) is 70.5 Å². The predicted octanol–water partition coefficient (Wildman–Crippen LogP) is 5.07. The molecule has 5 aromatic rings. The highest BCUT2D eigenvalue weighted by molar-refractivity contribution is 6.06. The Morgan fingerprint density at radius 1 is 1.03 bits per heavy atom. The molecule has 2 aromatic carbocycles. The van der Waals surface area contributed by atoms with Crippen LogP contribution in [0.4, 0.5) is 24.5 Å². The number of aromatic nitrogens is 6. The second-order valence-electron chi connectivity index (χ2n) is 15.7. The molecule has 0 spiro atoms. The Kier molecular flexibility index (Phi) is 10.5. The maximum absolute atomic E-state index is 13.4. The number of halogens is 3. The van der Waals surface area contributed by atoms with Gasteiger partial charge in [-0.05, 0) is 82.2 Å². The number of imidazole rings is 1. The zero-order valence-corrected chi connectivity index (χ0v) is 32.5. The van der Waals surface area contributed by atoms with Gasteiger partial charge in [0.2, 0.25) is 11.8 Å². The molecule has 0 bridgehead atoms. The Balaban J connectivity index is 0.866. The van der Waals surface area contributed by atoms with Crippen LogP contribution in [0.15, 0.2) is 53.6 Å². The Morgan fingerprint density at radius 2 is 1.79 bits per heavy atom. The van der Waals surface area contributed by atoms with Crippen LogP contribution in [0.25, 0.3) is 21.9 Å². The van der Waals surface area contributed by atoms with Crippen LogP contribution < -0.4 is 26.0 Å². The van der Waals surface area contributed by atoms with Crippen LogP contribution in [0.3, 0.4) is 0 Å². The molecule has 58 heavy (non-hydrogen) atoms. The average molecular weight is 803 g/mol. The monoisotopic (exact) mass is 802 g/mol. The van der Waals surface area contributed by atoms with E-state index in [1.807, 2.05) is 29.1 Å². The second-order valence-corrected chi connectivity index (χ2v) is 15.7. The highest BCUT2D eigenvalue weighted by atomic mass is 19.4. The Morgan fingerprint density at radius 3 is 2.50 bits per heavy atom. The van der Waals surface area contributed by atoms with E-state index in [9.17, 15) is 32.3 Å². The summed E-state index contributed by atoms with van der Waals surface area (Å²) in [5, 5.41) is 17.0. The lowest BCUT2D eigenvalue weighted by Gasteiger charge is -2.40. The van der Waals surface area contributed by atoms with E-state index in [1.54, 1.807) is 23.7 Å². The molecule has 2 saturated heterocycles. The summed E-state index contributed by atoms with van der Waals surface area (Å²) in [6.45, 7) is 2.66. The fourth-order valence-corrected chi connectivity index (χ4v) is 8.95. The molecule has 15 nitrogen and oxygen atoms in total. The number of benzene rings is 2. The molecule has 1 saturated carbocycles. The van der Waals surface area contributed by atoms with Gasteiger partial charge in [-0.15, -0.1) is 5.10 Å². The molecule has 2 N–H and O–H groups in total. The third-order valence-corrected chi connectivity index (χ3v) is 12.1. The fourth-order valence-electron chi connectivity index (χ4n) is 8.95. The van der Waals surface area contributed by atoms with E-state index in [0.29, 0.717) is 46.9 Å². The molecule has 3 amide bonds. The molecule has 1 unspecified atom stereocenters. The zero-order valence-electron chi connectivity index (χ0n) is 32.5. The first kappa shape index (κ1) is 39.1. The van der Waals surface area contributed by atoms with Gasteiger partial charge in [-0.2, -0.15) is 23.4 Å². The number of ether oxygens (including phenoxy) is 1. The summed E-state index contributed by atoms with van der Waals surface area (Å²) in [7, 11) is 5.39. The van der Waals surface area contributed by atoms with E-state index in [4.69, 9.17) is 9.84 Å². The molecule has 306 valence electrons. The topological polar surface area (TPSA) is 162 Å². The first-order valence-electron chi connectivity index (χ1n) is 19.6. The number of methoxy groups -OCH3 is 1. The molecular weight excluding hydrogens is 757 g/mol. The number of aryl methyl sites for hydroxylation is 1. The molecule has 18 heteroatoms. The maximum atomic E-state index is 13.4. The molecule has 3 fully saturated rings. The van der Waals surface area contributed by atoms with Gasteiger partial charge in [0.15, 0.2) is 5.69 Å². The molecule has 1 atom stereocenters. The number of piperidine rings is 2. The van der Waals surface area contributed by atoms with Gasteiger partial charge in [0.05, 0.1) is 52.8 Å². The summed E-state index contributed by atoms with van der Waals surface area (Å²) in [5.74, 6) is -0.661. The predicted molar refractivity (Wildman–Crippen MR) is 209 cm³/mol. The van der Waals surface area contributed by atoms with Crippen molar-refractivity contribution in [3.8, 4) is 5.75 Å². The van der Waals surface area contributed by atoms with Gasteiger partial charge < -0.3 is 19.9 Å². The number of hydrogen-bond donors (Lipinski definition) is 2. The second kappa shape index (κ2) is 15.5. The highest BCUT2D eigenvalue weighted by Gasteiger charge is 2.35.